The Morgan fingerprint density at radius 3 is 2.77 bits per heavy atom. The fourth-order valence-corrected chi connectivity index (χ4v) is 2.11. The van der Waals surface area contributed by atoms with E-state index in [1.54, 1.807) is 18.5 Å². The number of fused-ring (bicyclic) bond motifs is 1. The lowest BCUT2D eigenvalue weighted by Gasteiger charge is -2.08. The summed E-state index contributed by atoms with van der Waals surface area (Å²) >= 11 is 0. The van der Waals surface area contributed by atoms with E-state index in [0.29, 0.717) is 24.7 Å². The third-order valence-corrected chi connectivity index (χ3v) is 3.22. The minimum Gasteiger partial charge on any atom is -0.492 e. The predicted octanol–water partition coefficient (Wildman–Crippen LogP) is 2.48. The second kappa shape index (κ2) is 6.38. The van der Waals surface area contributed by atoms with Crippen LogP contribution in [-0.2, 0) is 6.54 Å². The zero-order valence-corrected chi connectivity index (χ0v) is 12.2. The number of hydrogen-bond acceptors (Lipinski definition) is 5. The molecule has 2 aromatic heterocycles. The van der Waals surface area contributed by atoms with Crippen molar-refractivity contribution >= 4 is 17.0 Å². The molecule has 114 valence electrons. The molecule has 1 aromatic carbocycles. The Morgan fingerprint density at radius 1 is 1.18 bits per heavy atom. The predicted molar refractivity (Wildman–Crippen MR) is 81.4 cm³/mol. The van der Waals surface area contributed by atoms with E-state index in [9.17, 15) is 4.39 Å². The number of halogens is 1. The molecule has 3 rings (SSSR count). The van der Waals surface area contributed by atoms with Crippen molar-refractivity contribution < 1.29 is 9.13 Å². The first kappa shape index (κ1) is 14.2. The molecule has 22 heavy (non-hydrogen) atoms. The highest BCUT2D eigenvalue weighted by Crippen LogP contribution is 2.17. The lowest BCUT2D eigenvalue weighted by molar-refractivity contribution is 0.332. The van der Waals surface area contributed by atoms with Crippen LogP contribution in [0.4, 0.5) is 10.2 Å². The number of nitrogens with one attached hydrogen (secondary N) is 1. The molecule has 0 radical (unpaired) electrons. The average Bonchev–Trinajstić information content (AvgIpc) is 2.97. The van der Waals surface area contributed by atoms with Crippen LogP contribution in [0.2, 0.25) is 0 Å². The van der Waals surface area contributed by atoms with Gasteiger partial charge in [0.25, 0.3) is 0 Å². The van der Waals surface area contributed by atoms with E-state index in [-0.39, 0.29) is 5.82 Å². The highest BCUT2D eigenvalue weighted by Gasteiger charge is 2.08. The van der Waals surface area contributed by atoms with Gasteiger partial charge in [0.15, 0.2) is 11.5 Å². The molecule has 0 atom stereocenters. The Morgan fingerprint density at radius 2 is 2.00 bits per heavy atom. The molecule has 7 heteroatoms. The number of nitrogens with zero attached hydrogens (tertiary/aromatic N) is 4. The van der Waals surface area contributed by atoms with Gasteiger partial charge in [-0.25, -0.2) is 19.3 Å². The first-order chi connectivity index (χ1) is 10.8. The van der Waals surface area contributed by atoms with E-state index in [0.717, 1.165) is 17.7 Å². The molecule has 0 aliphatic carbocycles. The largest absolute Gasteiger partial charge is 0.492 e. The standard InChI is InChI=1S/C15H16FN5O/c1-2-21-10-20-13-14(18-9-19-15(13)21)17-7-8-22-12-5-3-11(16)4-6-12/h3-6,9-10H,2,7-8H2,1H3,(H,17,18,19). The number of benzene rings is 1. The van der Waals surface area contributed by atoms with Gasteiger partial charge in [0.2, 0.25) is 0 Å². The maximum absolute atomic E-state index is 12.8. The smallest absolute Gasteiger partial charge is 0.165 e. The van der Waals surface area contributed by atoms with Crippen LogP contribution < -0.4 is 10.1 Å². The molecule has 0 aliphatic heterocycles. The number of imidazole rings is 1. The number of ether oxygens (including phenoxy) is 1. The Labute approximate surface area is 127 Å². The summed E-state index contributed by atoms with van der Waals surface area (Å²) in [5.74, 6) is 1.03. The summed E-state index contributed by atoms with van der Waals surface area (Å²) in [6.45, 7) is 3.83. The topological polar surface area (TPSA) is 64.9 Å². The van der Waals surface area contributed by atoms with Crippen molar-refractivity contribution in [3.05, 3.63) is 42.7 Å². The normalized spacial score (nSPS) is 10.8. The molecule has 2 heterocycles. The molecule has 0 bridgehead atoms. The van der Waals surface area contributed by atoms with E-state index in [2.05, 4.69) is 20.3 Å². The molecular weight excluding hydrogens is 285 g/mol. The maximum Gasteiger partial charge on any atom is 0.165 e. The zero-order chi connectivity index (χ0) is 15.4. The zero-order valence-electron chi connectivity index (χ0n) is 12.2. The molecule has 0 unspecified atom stereocenters. The van der Waals surface area contributed by atoms with Crippen LogP contribution in [0, 0.1) is 5.82 Å². The van der Waals surface area contributed by atoms with Crippen LogP contribution in [0.25, 0.3) is 11.2 Å². The summed E-state index contributed by atoms with van der Waals surface area (Å²) in [6, 6.07) is 5.94. The third-order valence-electron chi connectivity index (χ3n) is 3.22. The van der Waals surface area contributed by atoms with E-state index in [1.165, 1.54) is 18.5 Å². The number of anilines is 1. The highest BCUT2D eigenvalue weighted by atomic mass is 19.1. The fourth-order valence-electron chi connectivity index (χ4n) is 2.11. The molecular formula is C15H16FN5O. The van der Waals surface area contributed by atoms with Crippen molar-refractivity contribution in [1.29, 1.82) is 0 Å². The molecule has 0 saturated heterocycles. The van der Waals surface area contributed by atoms with Crippen molar-refractivity contribution in [2.45, 2.75) is 13.5 Å². The lowest BCUT2D eigenvalue weighted by atomic mass is 10.3. The van der Waals surface area contributed by atoms with Gasteiger partial charge >= 0.3 is 0 Å². The first-order valence-electron chi connectivity index (χ1n) is 7.06. The molecule has 0 spiro atoms. The van der Waals surface area contributed by atoms with Crippen LogP contribution in [0.1, 0.15) is 6.92 Å². The van der Waals surface area contributed by atoms with Gasteiger partial charge in [-0.3, -0.25) is 0 Å². The Balaban J connectivity index is 1.60. The van der Waals surface area contributed by atoms with Gasteiger partial charge in [0, 0.05) is 6.54 Å². The van der Waals surface area contributed by atoms with Gasteiger partial charge in [-0.2, -0.15) is 0 Å². The van der Waals surface area contributed by atoms with Gasteiger partial charge < -0.3 is 14.6 Å². The third kappa shape index (κ3) is 2.98. The summed E-state index contributed by atoms with van der Waals surface area (Å²) in [6.07, 6.45) is 3.26. The van der Waals surface area contributed by atoms with E-state index in [1.807, 2.05) is 11.5 Å². The van der Waals surface area contributed by atoms with Crippen molar-refractivity contribution in [2.24, 2.45) is 0 Å². The number of rotatable bonds is 6. The molecule has 1 N–H and O–H groups in total. The van der Waals surface area contributed by atoms with Gasteiger partial charge in [-0.15, -0.1) is 0 Å². The molecule has 6 nitrogen and oxygen atoms in total. The quantitative estimate of drug-likeness (QED) is 0.709. The molecule has 0 aliphatic rings. The molecule has 0 amide bonds. The van der Waals surface area contributed by atoms with Crippen LogP contribution >= 0.6 is 0 Å². The van der Waals surface area contributed by atoms with E-state index >= 15 is 0 Å². The summed E-state index contributed by atoms with van der Waals surface area (Å²) < 4.78 is 20.3. The average molecular weight is 301 g/mol. The van der Waals surface area contributed by atoms with Gasteiger partial charge in [0.05, 0.1) is 12.9 Å². The van der Waals surface area contributed by atoms with Crippen LogP contribution in [0.15, 0.2) is 36.9 Å². The van der Waals surface area contributed by atoms with E-state index in [4.69, 9.17) is 4.74 Å². The first-order valence-corrected chi connectivity index (χ1v) is 7.06. The number of aryl methyl sites for hydroxylation is 1. The Bertz CT molecular complexity index is 756. The molecule has 0 fully saturated rings. The minimum atomic E-state index is -0.277. The summed E-state index contributed by atoms with van der Waals surface area (Å²) in [5.41, 5.74) is 1.55. The van der Waals surface area contributed by atoms with Gasteiger partial charge in [-0.1, -0.05) is 0 Å². The summed E-state index contributed by atoms with van der Waals surface area (Å²) in [4.78, 5) is 12.8. The molecule has 3 aromatic rings. The van der Waals surface area contributed by atoms with Crippen molar-refractivity contribution in [3.63, 3.8) is 0 Å². The number of hydrogen-bond donors (Lipinski definition) is 1. The van der Waals surface area contributed by atoms with Gasteiger partial charge in [-0.05, 0) is 31.2 Å². The fraction of sp³-hybridized carbons (Fsp3) is 0.267. The summed E-state index contributed by atoms with van der Waals surface area (Å²) in [5, 5.41) is 3.18. The van der Waals surface area contributed by atoms with Crippen LogP contribution in [0.3, 0.4) is 0 Å². The number of aromatic nitrogens is 4. The van der Waals surface area contributed by atoms with Crippen molar-refractivity contribution in [2.75, 3.05) is 18.5 Å². The monoisotopic (exact) mass is 301 g/mol. The molecule has 0 saturated carbocycles. The van der Waals surface area contributed by atoms with Crippen molar-refractivity contribution in [1.82, 2.24) is 19.5 Å². The second-order valence-corrected chi connectivity index (χ2v) is 4.65. The Kier molecular flexibility index (Phi) is 4.13. The van der Waals surface area contributed by atoms with E-state index < -0.39 is 0 Å². The minimum absolute atomic E-state index is 0.277. The highest BCUT2D eigenvalue weighted by molar-refractivity contribution is 5.82. The van der Waals surface area contributed by atoms with Gasteiger partial charge in [0.1, 0.15) is 30.0 Å². The second-order valence-electron chi connectivity index (χ2n) is 4.65. The lowest BCUT2D eigenvalue weighted by Crippen LogP contribution is -2.13. The maximum atomic E-state index is 12.8. The Hall–Kier alpha value is -2.70. The van der Waals surface area contributed by atoms with Crippen molar-refractivity contribution in [3.8, 4) is 5.75 Å². The SMILES string of the molecule is CCn1cnc2c(NCCOc3ccc(F)cc3)ncnc21. The van der Waals surface area contributed by atoms with Crippen LogP contribution in [-0.4, -0.2) is 32.7 Å². The summed E-state index contributed by atoms with van der Waals surface area (Å²) in [7, 11) is 0. The van der Waals surface area contributed by atoms with Crippen LogP contribution in [0.5, 0.6) is 5.75 Å².